The minimum absolute atomic E-state index is 0. The second kappa shape index (κ2) is 18.6. The van der Waals surface area contributed by atoms with E-state index in [1.54, 1.807) is 0 Å². The summed E-state index contributed by atoms with van der Waals surface area (Å²) < 4.78 is 8.65. The molecule has 0 bridgehead atoms. The van der Waals surface area contributed by atoms with Crippen LogP contribution in [0.2, 0.25) is 0 Å². The molecule has 0 unspecified atom stereocenters. The number of esters is 2. The van der Waals surface area contributed by atoms with Gasteiger partial charge in [-0.15, -0.1) is 0 Å². The molecule has 13 nitrogen and oxygen atoms in total. The summed E-state index contributed by atoms with van der Waals surface area (Å²) in [6, 6.07) is -2.19. The Bertz CT molecular complexity index is 524. The molecule has 28 heavy (non-hydrogen) atoms. The van der Waals surface area contributed by atoms with Gasteiger partial charge < -0.3 is 49.6 Å². The van der Waals surface area contributed by atoms with Crippen LogP contribution in [0.25, 0.3) is 0 Å². The molecule has 0 amide bonds. The van der Waals surface area contributed by atoms with E-state index < -0.39 is 30.2 Å². The predicted molar refractivity (Wildman–Crippen MR) is 109 cm³/mol. The molecule has 0 rings (SSSR count). The summed E-state index contributed by atoms with van der Waals surface area (Å²) in [6.07, 6.45) is -0.382. The molecular formula is C13H30Ca2N8O5. The van der Waals surface area contributed by atoms with E-state index in [0.29, 0.717) is 12.8 Å². The van der Waals surface area contributed by atoms with Gasteiger partial charge in [0.15, 0.2) is 11.9 Å². The van der Waals surface area contributed by atoms with E-state index in [1.807, 2.05) is 0 Å². The Morgan fingerprint density at radius 3 is 1.36 bits per heavy atom. The van der Waals surface area contributed by atoms with Crippen LogP contribution in [-0.2, 0) is 19.1 Å². The van der Waals surface area contributed by atoms with Crippen LogP contribution in [-0.4, -0.2) is 131 Å². The van der Waals surface area contributed by atoms with Gasteiger partial charge in [0, 0.05) is 13.1 Å². The van der Waals surface area contributed by atoms with E-state index >= 15 is 0 Å². The second-order valence-electron chi connectivity index (χ2n) is 5.20. The molecule has 0 aliphatic heterocycles. The number of nitrogens with zero attached hydrogens (tertiary/aromatic N) is 2. The van der Waals surface area contributed by atoms with Gasteiger partial charge in [0.25, 0.3) is 0 Å². The average molecular weight is 459 g/mol. The molecule has 0 fully saturated rings. The largest absolute Gasteiger partial charge is 2.00 e. The third-order valence-electron chi connectivity index (χ3n) is 2.91. The predicted octanol–water partition coefficient (Wildman–Crippen LogP) is -3.36. The molecule has 0 aromatic carbocycles. The third-order valence-corrected chi connectivity index (χ3v) is 2.91. The zero-order valence-electron chi connectivity index (χ0n) is 19.7. The fraction of sp³-hybridized carbons (Fsp3) is 0.615. The number of guanidine groups is 2. The summed E-state index contributed by atoms with van der Waals surface area (Å²) in [6.45, 7) is 0.530. The van der Waals surface area contributed by atoms with Gasteiger partial charge in [-0.05, 0) is 25.7 Å². The zero-order chi connectivity index (χ0) is 20.1. The molecule has 0 aliphatic rings. The van der Waals surface area contributed by atoms with Crippen molar-refractivity contribution in [3.8, 4) is 0 Å². The van der Waals surface area contributed by atoms with Crippen LogP contribution in [0.3, 0.4) is 0 Å². The first-order valence-corrected chi connectivity index (χ1v) is 7.72. The SMILES string of the molecule is NC(N)=NCCC[C@H](N)C(=O)OC(=O)OC(=O)[C@@H](N)CCCN=C(N)N.[Ca+2].[Ca+2].[H-].[H-].[H-].[H-]. The monoisotopic (exact) mass is 458 g/mol. The van der Waals surface area contributed by atoms with Crippen molar-refractivity contribution in [1.82, 2.24) is 0 Å². The number of aliphatic imine (C=N–C) groups is 2. The van der Waals surface area contributed by atoms with Crippen LogP contribution < -0.4 is 34.4 Å². The maximum absolute atomic E-state index is 11.6. The standard InChI is InChI=1S/C13H26N8O5.2Ca.4H/c14-7(3-1-5-20-11(16)17)9(22)25-13(24)26-10(23)8(15)4-2-6-21-12(18)19;;;;;;/h7-8H,1-6,14-15H2,(H4,16,17,20)(H4,18,19,21);;;;;;/q;2*+2;4*-1/t7-,8-;;;;;;/m0....../s1. The van der Waals surface area contributed by atoms with E-state index in [4.69, 9.17) is 34.4 Å². The number of hydrogen-bond acceptors (Lipinski definition) is 9. The van der Waals surface area contributed by atoms with Crippen molar-refractivity contribution in [2.75, 3.05) is 13.1 Å². The summed E-state index contributed by atoms with van der Waals surface area (Å²) in [5, 5.41) is 0. The van der Waals surface area contributed by atoms with Gasteiger partial charge in [-0.1, -0.05) is 0 Å². The van der Waals surface area contributed by atoms with E-state index in [2.05, 4.69) is 19.5 Å². The van der Waals surface area contributed by atoms with Crippen molar-refractivity contribution in [1.29, 1.82) is 0 Å². The summed E-state index contributed by atoms with van der Waals surface area (Å²) >= 11 is 0. The third kappa shape index (κ3) is 17.7. The number of ether oxygens (including phenoxy) is 2. The quantitative estimate of drug-likeness (QED) is 0.0470. The molecule has 0 saturated heterocycles. The first-order valence-electron chi connectivity index (χ1n) is 7.72. The molecule has 0 aromatic rings. The number of rotatable bonds is 10. The molecule has 156 valence electrons. The summed E-state index contributed by atoms with van der Waals surface area (Å²) in [4.78, 5) is 42.0. The normalized spacial score (nSPS) is 11.5. The summed E-state index contributed by atoms with van der Waals surface area (Å²) in [5.41, 5.74) is 31.7. The van der Waals surface area contributed by atoms with Gasteiger partial charge in [-0.25, -0.2) is 14.4 Å². The van der Waals surface area contributed by atoms with Crippen LogP contribution in [0.15, 0.2) is 9.98 Å². The number of carbonyl (C=O) groups is 3. The Labute approximate surface area is 228 Å². The van der Waals surface area contributed by atoms with Gasteiger partial charge in [-0.2, -0.15) is 0 Å². The van der Waals surface area contributed by atoms with Crippen molar-refractivity contribution in [3.05, 3.63) is 0 Å². The molecule has 2 atom stereocenters. The Morgan fingerprint density at radius 1 is 0.750 bits per heavy atom. The van der Waals surface area contributed by atoms with Crippen LogP contribution in [0.1, 0.15) is 31.4 Å². The maximum atomic E-state index is 11.6. The number of nitrogens with two attached hydrogens (primary N) is 6. The van der Waals surface area contributed by atoms with Crippen molar-refractivity contribution in [2.45, 2.75) is 37.8 Å². The van der Waals surface area contributed by atoms with Crippen molar-refractivity contribution >= 4 is 105 Å². The van der Waals surface area contributed by atoms with Crippen molar-refractivity contribution < 1.29 is 29.6 Å². The first-order chi connectivity index (χ1) is 12.1. The van der Waals surface area contributed by atoms with E-state index in [9.17, 15) is 14.4 Å². The Kier molecular flexibility index (Phi) is 21.4. The Morgan fingerprint density at radius 2 is 1.07 bits per heavy atom. The molecule has 0 heterocycles. The van der Waals surface area contributed by atoms with Crippen LogP contribution in [0, 0.1) is 0 Å². The molecule has 0 saturated carbocycles. The van der Waals surface area contributed by atoms with Gasteiger partial charge in [0.05, 0.1) is 0 Å². The molecule has 15 heteroatoms. The van der Waals surface area contributed by atoms with Crippen molar-refractivity contribution in [2.24, 2.45) is 44.4 Å². The van der Waals surface area contributed by atoms with Gasteiger partial charge >= 0.3 is 93.6 Å². The summed E-state index contributed by atoms with van der Waals surface area (Å²) in [7, 11) is 0. The van der Waals surface area contributed by atoms with Gasteiger partial charge in [0.2, 0.25) is 0 Å². The van der Waals surface area contributed by atoms with Crippen LogP contribution >= 0.6 is 0 Å². The zero-order valence-corrected chi connectivity index (χ0v) is 20.1. The molecular weight excluding hydrogens is 428 g/mol. The Hall–Kier alpha value is -0.411. The van der Waals surface area contributed by atoms with Crippen LogP contribution in [0.5, 0.6) is 0 Å². The number of hydrogen-bond donors (Lipinski definition) is 6. The molecule has 0 aromatic heterocycles. The van der Waals surface area contributed by atoms with Crippen LogP contribution in [0.4, 0.5) is 4.79 Å². The smallest absolute Gasteiger partial charge is 1.00 e. The molecule has 0 aliphatic carbocycles. The molecule has 0 radical (unpaired) electrons. The van der Waals surface area contributed by atoms with Crippen molar-refractivity contribution in [3.63, 3.8) is 0 Å². The van der Waals surface area contributed by atoms with E-state index in [-0.39, 0.29) is 119 Å². The summed E-state index contributed by atoms with van der Waals surface area (Å²) in [5.74, 6) is -2.27. The Balaban J connectivity index is -0.000000208. The van der Waals surface area contributed by atoms with E-state index in [1.165, 1.54) is 0 Å². The maximum Gasteiger partial charge on any atom is 2.00 e. The molecule has 0 spiro atoms. The fourth-order valence-corrected chi connectivity index (χ4v) is 1.61. The van der Waals surface area contributed by atoms with E-state index in [0.717, 1.165) is 0 Å². The van der Waals surface area contributed by atoms with Gasteiger partial charge in [-0.3, -0.25) is 9.98 Å². The van der Waals surface area contributed by atoms with Gasteiger partial charge in [0.1, 0.15) is 12.1 Å². The number of carbonyl (C=O) groups excluding carboxylic acids is 3. The minimum atomic E-state index is -1.50. The fourth-order valence-electron chi connectivity index (χ4n) is 1.61. The topological polar surface area (TPSA) is 251 Å². The second-order valence-corrected chi connectivity index (χ2v) is 5.20. The first kappa shape index (κ1) is 32.3. The average Bonchev–Trinajstić information content (AvgIpc) is 2.54. The minimum Gasteiger partial charge on any atom is -1.00 e. The molecule has 12 N–H and O–H groups in total.